The highest BCUT2D eigenvalue weighted by molar-refractivity contribution is 9.13. The number of amides is 1. The summed E-state index contributed by atoms with van der Waals surface area (Å²) in [5.41, 5.74) is 5.60. The molecule has 3 N–H and O–H groups in total. The van der Waals surface area contributed by atoms with Crippen molar-refractivity contribution in [3.63, 3.8) is 0 Å². The van der Waals surface area contributed by atoms with E-state index in [1.54, 1.807) is 6.07 Å². The van der Waals surface area contributed by atoms with Crippen molar-refractivity contribution in [1.29, 1.82) is 0 Å². The monoisotopic (exact) mass is 338 g/mol. The van der Waals surface area contributed by atoms with E-state index in [4.69, 9.17) is 5.73 Å². The van der Waals surface area contributed by atoms with Gasteiger partial charge in [-0.15, -0.1) is 11.3 Å². The molecule has 2 rings (SSSR count). The van der Waals surface area contributed by atoms with Gasteiger partial charge in [0.15, 0.2) is 0 Å². The van der Waals surface area contributed by atoms with Gasteiger partial charge in [0.05, 0.1) is 8.66 Å². The first kappa shape index (κ1) is 10.6. The zero-order valence-electron chi connectivity index (χ0n) is 7.09. The van der Waals surface area contributed by atoms with Gasteiger partial charge in [0, 0.05) is 16.6 Å². The lowest BCUT2D eigenvalue weighted by molar-refractivity contribution is 0.0954. The molecule has 1 aliphatic rings. The highest BCUT2D eigenvalue weighted by Gasteiger charge is 2.35. The summed E-state index contributed by atoms with van der Waals surface area (Å²) in [5, 5.41) is 2.87. The third-order valence-electron chi connectivity index (χ3n) is 2.03. The van der Waals surface area contributed by atoms with E-state index in [1.165, 1.54) is 11.3 Å². The Balaban J connectivity index is 2.04. The van der Waals surface area contributed by atoms with Crippen LogP contribution in [-0.4, -0.2) is 18.0 Å². The fourth-order valence-electron chi connectivity index (χ4n) is 1.08. The van der Waals surface area contributed by atoms with E-state index in [1.807, 2.05) is 0 Å². The average Bonchev–Trinajstić information content (AvgIpc) is 2.68. The van der Waals surface area contributed by atoms with Crippen LogP contribution in [0.3, 0.4) is 0 Å². The number of nitrogens with two attached hydrogens (primary N) is 1. The number of carbonyl (C=O) groups is 1. The van der Waals surface area contributed by atoms with Crippen LogP contribution in [-0.2, 0) is 0 Å². The van der Waals surface area contributed by atoms with E-state index in [9.17, 15) is 4.79 Å². The third kappa shape index (κ3) is 2.18. The van der Waals surface area contributed by atoms with Gasteiger partial charge < -0.3 is 11.1 Å². The number of carbonyl (C=O) groups excluding carboxylic acids is 1. The number of halogens is 2. The molecule has 1 aromatic rings. The van der Waals surface area contributed by atoms with Gasteiger partial charge >= 0.3 is 0 Å². The molecule has 1 aromatic heterocycles. The molecule has 14 heavy (non-hydrogen) atoms. The molecule has 0 aliphatic heterocycles. The van der Waals surface area contributed by atoms with Crippen LogP contribution in [0.2, 0.25) is 0 Å². The number of hydrogen-bond acceptors (Lipinski definition) is 3. The number of nitrogens with one attached hydrogen (secondary N) is 1. The van der Waals surface area contributed by atoms with Crippen molar-refractivity contribution >= 4 is 49.1 Å². The van der Waals surface area contributed by atoms with Crippen LogP contribution in [0.25, 0.3) is 0 Å². The van der Waals surface area contributed by atoms with Gasteiger partial charge in [0.1, 0.15) is 0 Å². The molecule has 1 heterocycles. The smallest absolute Gasteiger partial charge is 0.261 e. The molecule has 0 saturated heterocycles. The fourth-order valence-corrected chi connectivity index (χ4v) is 3.02. The summed E-state index contributed by atoms with van der Waals surface area (Å²) in [6.07, 6.45) is 0.888. The lowest BCUT2D eigenvalue weighted by Crippen LogP contribution is -2.28. The zero-order chi connectivity index (χ0) is 10.3. The minimum Gasteiger partial charge on any atom is -0.347 e. The van der Waals surface area contributed by atoms with E-state index in [0.29, 0.717) is 4.88 Å². The number of rotatable bonds is 2. The SMILES string of the molecule is NC1CC1NC(=O)c1cc(Br)c(Br)s1. The second-order valence-electron chi connectivity index (χ2n) is 3.21. The molecule has 1 aliphatic carbocycles. The predicted molar refractivity (Wildman–Crippen MR) is 63.6 cm³/mol. The topological polar surface area (TPSA) is 55.1 Å². The molecule has 1 saturated carbocycles. The highest BCUT2D eigenvalue weighted by Crippen LogP contribution is 2.32. The van der Waals surface area contributed by atoms with Crippen LogP contribution in [0.15, 0.2) is 14.3 Å². The summed E-state index contributed by atoms with van der Waals surface area (Å²) >= 11 is 8.09. The molecule has 0 spiro atoms. The number of hydrogen-bond donors (Lipinski definition) is 2. The minimum absolute atomic E-state index is 0.0423. The van der Waals surface area contributed by atoms with Gasteiger partial charge in [0.25, 0.3) is 5.91 Å². The Morgan fingerprint density at radius 2 is 2.29 bits per heavy atom. The molecule has 0 bridgehead atoms. The predicted octanol–water partition coefficient (Wildman–Crippen LogP) is 2.10. The van der Waals surface area contributed by atoms with Gasteiger partial charge in [-0.25, -0.2) is 0 Å². The van der Waals surface area contributed by atoms with Crippen LogP contribution >= 0.6 is 43.2 Å². The lowest BCUT2D eigenvalue weighted by atomic mass is 10.4. The molecule has 0 radical (unpaired) electrons. The van der Waals surface area contributed by atoms with E-state index in [0.717, 1.165) is 14.7 Å². The summed E-state index contributed by atoms with van der Waals surface area (Å²) in [5.74, 6) is -0.0423. The standard InChI is InChI=1S/C8H8Br2N2OS/c9-3-1-6(14-7(3)10)8(13)12-5-2-4(5)11/h1,4-5H,2,11H2,(H,12,13). The highest BCUT2D eigenvalue weighted by atomic mass is 79.9. The second-order valence-corrected chi connectivity index (χ2v) is 6.44. The Hall–Kier alpha value is 0.0900. The van der Waals surface area contributed by atoms with Crippen LogP contribution in [0.1, 0.15) is 16.1 Å². The van der Waals surface area contributed by atoms with Crippen molar-refractivity contribution in [3.05, 3.63) is 19.2 Å². The molecule has 6 heteroatoms. The van der Waals surface area contributed by atoms with Crippen molar-refractivity contribution < 1.29 is 4.79 Å². The molecule has 2 unspecified atom stereocenters. The first-order chi connectivity index (χ1) is 6.58. The molecular weight excluding hydrogens is 332 g/mol. The third-order valence-corrected chi connectivity index (χ3v) is 5.28. The minimum atomic E-state index is -0.0423. The van der Waals surface area contributed by atoms with Crippen LogP contribution < -0.4 is 11.1 Å². The van der Waals surface area contributed by atoms with Gasteiger partial charge in [-0.1, -0.05) is 0 Å². The van der Waals surface area contributed by atoms with Crippen LogP contribution in [0.5, 0.6) is 0 Å². The van der Waals surface area contributed by atoms with Crippen molar-refractivity contribution in [3.8, 4) is 0 Å². The molecule has 1 amide bonds. The van der Waals surface area contributed by atoms with Crippen LogP contribution in [0, 0.1) is 0 Å². The van der Waals surface area contributed by atoms with Gasteiger partial charge in [-0.3, -0.25) is 4.79 Å². The quantitative estimate of drug-likeness (QED) is 0.867. The molecular formula is C8H8Br2N2OS. The maximum absolute atomic E-state index is 11.6. The van der Waals surface area contributed by atoms with Crippen molar-refractivity contribution in [2.75, 3.05) is 0 Å². The molecule has 0 aromatic carbocycles. The summed E-state index contributed by atoms with van der Waals surface area (Å²) < 4.78 is 1.84. The first-order valence-corrected chi connectivity index (χ1v) is 6.49. The lowest BCUT2D eigenvalue weighted by Gasteiger charge is -1.99. The largest absolute Gasteiger partial charge is 0.347 e. The summed E-state index contributed by atoms with van der Waals surface area (Å²) in [6, 6.07) is 2.12. The fraction of sp³-hybridized carbons (Fsp3) is 0.375. The molecule has 3 nitrogen and oxygen atoms in total. The summed E-state index contributed by atoms with van der Waals surface area (Å²) in [7, 11) is 0. The van der Waals surface area contributed by atoms with Crippen LogP contribution in [0.4, 0.5) is 0 Å². The Morgan fingerprint density at radius 1 is 1.64 bits per heavy atom. The first-order valence-electron chi connectivity index (χ1n) is 4.09. The Bertz CT molecular complexity index is 360. The number of thiophene rings is 1. The molecule has 2 atom stereocenters. The Morgan fingerprint density at radius 3 is 2.71 bits per heavy atom. The molecule has 76 valence electrons. The zero-order valence-corrected chi connectivity index (χ0v) is 11.1. The van der Waals surface area contributed by atoms with E-state index >= 15 is 0 Å². The van der Waals surface area contributed by atoms with Crippen molar-refractivity contribution in [2.45, 2.75) is 18.5 Å². The Kier molecular flexibility index (Phi) is 2.97. The maximum atomic E-state index is 11.6. The summed E-state index contributed by atoms with van der Waals surface area (Å²) in [4.78, 5) is 12.3. The second kappa shape index (κ2) is 3.92. The van der Waals surface area contributed by atoms with Crippen molar-refractivity contribution in [2.24, 2.45) is 5.73 Å². The van der Waals surface area contributed by atoms with Gasteiger partial charge in [-0.05, 0) is 44.3 Å². The normalized spacial score (nSPS) is 24.8. The maximum Gasteiger partial charge on any atom is 0.261 e. The van der Waals surface area contributed by atoms with Crippen molar-refractivity contribution in [1.82, 2.24) is 5.32 Å². The summed E-state index contributed by atoms with van der Waals surface area (Å²) in [6.45, 7) is 0. The van der Waals surface area contributed by atoms with E-state index < -0.39 is 0 Å². The van der Waals surface area contributed by atoms with Gasteiger partial charge in [-0.2, -0.15) is 0 Å². The average molecular weight is 340 g/mol. The van der Waals surface area contributed by atoms with Gasteiger partial charge in [0.2, 0.25) is 0 Å². The van der Waals surface area contributed by atoms with E-state index in [2.05, 4.69) is 37.2 Å². The Labute approximate surface area is 102 Å². The van der Waals surface area contributed by atoms with E-state index in [-0.39, 0.29) is 18.0 Å². The molecule has 1 fully saturated rings.